The van der Waals surface area contributed by atoms with Gasteiger partial charge in [-0.2, -0.15) is 4.31 Å². The van der Waals surface area contributed by atoms with Crippen LogP contribution in [0.4, 0.5) is 0 Å². The molecule has 3 aromatic carbocycles. The van der Waals surface area contributed by atoms with E-state index >= 15 is 0 Å². The van der Waals surface area contributed by atoms with Gasteiger partial charge in [0, 0.05) is 13.1 Å². The van der Waals surface area contributed by atoms with E-state index in [1.165, 1.54) is 0 Å². The van der Waals surface area contributed by atoms with Gasteiger partial charge in [-0.1, -0.05) is 54.1 Å². The molecule has 1 aliphatic rings. The Labute approximate surface area is 155 Å². The summed E-state index contributed by atoms with van der Waals surface area (Å²) in [6, 6.07) is 21.5. The van der Waals surface area contributed by atoms with Crippen LogP contribution >= 0.6 is 0 Å². The van der Waals surface area contributed by atoms with Crippen molar-refractivity contribution in [1.29, 1.82) is 0 Å². The van der Waals surface area contributed by atoms with E-state index in [1.807, 2.05) is 37.3 Å². The molecule has 0 aromatic heterocycles. The first kappa shape index (κ1) is 17.0. The van der Waals surface area contributed by atoms with Crippen LogP contribution in [0.5, 0.6) is 0 Å². The smallest absolute Gasteiger partial charge is 0.207 e. The lowest BCUT2D eigenvalue weighted by Crippen LogP contribution is -2.25. The van der Waals surface area contributed by atoms with Crippen LogP contribution in [0.25, 0.3) is 11.1 Å². The molecule has 132 valence electrons. The number of hydrogen-bond acceptors (Lipinski definition) is 2. The minimum Gasteiger partial charge on any atom is -0.207 e. The Kier molecular flexibility index (Phi) is 4.17. The van der Waals surface area contributed by atoms with Crippen LogP contribution in [-0.4, -0.2) is 12.7 Å². The van der Waals surface area contributed by atoms with Crippen LogP contribution in [0.15, 0.2) is 71.6 Å². The third-order valence-electron chi connectivity index (χ3n) is 5.01. The first-order valence-electron chi connectivity index (χ1n) is 8.70. The number of benzene rings is 3. The fourth-order valence-electron chi connectivity index (χ4n) is 3.51. The van der Waals surface area contributed by atoms with Gasteiger partial charge in [-0.05, 0) is 59.9 Å². The van der Waals surface area contributed by atoms with Gasteiger partial charge in [0.05, 0.1) is 4.90 Å². The lowest BCUT2D eigenvalue weighted by Gasteiger charge is -2.15. The Hall–Kier alpha value is -2.43. The van der Waals surface area contributed by atoms with Crippen molar-refractivity contribution in [3.05, 3.63) is 89.0 Å². The first-order chi connectivity index (χ1) is 12.4. The third-order valence-corrected chi connectivity index (χ3v) is 6.82. The zero-order valence-electron chi connectivity index (χ0n) is 14.9. The van der Waals surface area contributed by atoms with Crippen LogP contribution in [0, 0.1) is 13.8 Å². The van der Waals surface area contributed by atoms with Crippen molar-refractivity contribution in [2.24, 2.45) is 0 Å². The van der Waals surface area contributed by atoms with Crippen LogP contribution in [0.3, 0.4) is 0 Å². The number of aryl methyl sites for hydroxylation is 2. The Morgan fingerprint density at radius 1 is 0.808 bits per heavy atom. The zero-order valence-corrected chi connectivity index (χ0v) is 15.8. The van der Waals surface area contributed by atoms with Gasteiger partial charge in [0.2, 0.25) is 10.0 Å². The molecule has 0 N–H and O–H groups in total. The molecular weight excluding hydrogens is 342 g/mol. The van der Waals surface area contributed by atoms with Crippen LogP contribution in [0.2, 0.25) is 0 Å². The number of nitrogens with zero attached hydrogens (tertiary/aromatic N) is 1. The molecule has 0 radical (unpaired) electrons. The quantitative estimate of drug-likeness (QED) is 0.678. The van der Waals surface area contributed by atoms with Gasteiger partial charge in [0.1, 0.15) is 0 Å². The van der Waals surface area contributed by atoms with Gasteiger partial charge in [-0.15, -0.1) is 0 Å². The summed E-state index contributed by atoms with van der Waals surface area (Å²) >= 11 is 0. The van der Waals surface area contributed by atoms with E-state index < -0.39 is 10.0 Å². The summed E-state index contributed by atoms with van der Waals surface area (Å²) in [6.45, 7) is 4.88. The molecule has 4 rings (SSSR count). The van der Waals surface area contributed by atoms with E-state index in [9.17, 15) is 8.42 Å². The topological polar surface area (TPSA) is 37.4 Å². The second kappa shape index (κ2) is 6.38. The highest BCUT2D eigenvalue weighted by Crippen LogP contribution is 2.34. The standard InChI is InChI=1S/C22H21NO2S/c1-16-8-10-21(11-9-16)26(24,25)23-14-20-13-19(12-17(2)22(20)15-23)18-6-4-3-5-7-18/h3-13H,14-15H2,1-2H3. The monoisotopic (exact) mass is 363 g/mol. The average molecular weight is 363 g/mol. The Morgan fingerprint density at radius 3 is 2.19 bits per heavy atom. The minimum absolute atomic E-state index is 0.358. The Bertz CT molecular complexity index is 1060. The normalized spacial score (nSPS) is 14.4. The maximum Gasteiger partial charge on any atom is 0.243 e. The van der Waals surface area contributed by atoms with Crippen molar-refractivity contribution >= 4 is 10.0 Å². The molecule has 0 saturated carbocycles. The van der Waals surface area contributed by atoms with Crippen molar-refractivity contribution in [2.45, 2.75) is 31.8 Å². The molecule has 0 spiro atoms. The van der Waals surface area contributed by atoms with Crippen LogP contribution < -0.4 is 0 Å². The van der Waals surface area contributed by atoms with Gasteiger partial charge in [-0.25, -0.2) is 8.42 Å². The summed E-state index contributed by atoms with van der Waals surface area (Å²) in [5.41, 5.74) is 6.70. The second-order valence-electron chi connectivity index (χ2n) is 6.88. The van der Waals surface area contributed by atoms with E-state index in [2.05, 4.69) is 31.2 Å². The van der Waals surface area contributed by atoms with Gasteiger partial charge in [0.15, 0.2) is 0 Å². The molecule has 0 bridgehead atoms. The van der Waals surface area contributed by atoms with Gasteiger partial charge >= 0.3 is 0 Å². The SMILES string of the molecule is Cc1ccc(S(=O)(=O)N2Cc3cc(-c4ccccc4)cc(C)c3C2)cc1. The predicted molar refractivity (Wildman–Crippen MR) is 104 cm³/mol. The fraction of sp³-hybridized carbons (Fsp3) is 0.182. The van der Waals surface area contributed by atoms with Crippen LogP contribution in [0.1, 0.15) is 22.3 Å². The number of rotatable bonds is 3. The zero-order chi connectivity index (χ0) is 18.3. The summed E-state index contributed by atoms with van der Waals surface area (Å²) in [6.07, 6.45) is 0. The van der Waals surface area contributed by atoms with E-state index in [1.54, 1.807) is 16.4 Å². The summed E-state index contributed by atoms with van der Waals surface area (Å²) in [4.78, 5) is 0.358. The molecule has 3 nitrogen and oxygen atoms in total. The van der Waals surface area contributed by atoms with Gasteiger partial charge in [-0.3, -0.25) is 0 Å². The van der Waals surface area contributed by atoms with E-state index in [4.69, 9.17) is 0 Å². The Morgan fingerprint density at radius 2 is 1.50 bits per heavy atom. The van der Waals surface area contributed by atoms with E-state index in [0.29, 0.717) is 18.0 Å². The second-order valence-corrected chi connectivity index (χ2v) is 8.82. The van der Waals surface area contributed by atoms with E-state index in [-0.39, 0.29) is 0 Å². The highest BCUT2D eigenvalue weighted by atomic mass is 32.2. The van der Waals surface area contributed by atoms with Crippen molar-refractivity contribution in [1.82, 2.24) is 4.31 Å². The average Bonchev–Trinajstić information content (AvgIpc) is 3.08. The molecule has 3 aromatic rings. The van der Waals surface area contributed by atoms with Gasteiger partial charge in [0.25, 0.3) is 0 Å². The van der Waals surface area contributed by atoms with Crippen molar-refractivity contribution in [2.75, 3.05) is 0 Å². The van der Waals surface area contributed by atoms with Crippen molar-refractivity contribution in [3.63, 3.8) is 0 Å². The summed E-state index contributed by atoms with van der Waals surface area (Å²) in [7, 11) is -3.48. The molecular formula is C22H21NO2S. The molecule has 0 atom stereocenters. The molecule has 0 aliphatic carbocycles. The number of sulfonamides is 1. The summed E-state index contributed by atoms with van der Waals surface area (Å²) in [5, 5.41) is 0. The fourth-order valence-corrected chi connectivity index (χ4v) is 4.89. The highest BCUT2D eigenvalue weighted by molar-refractivity contribution is 7.89. The van der Waals surface area contributed by atoms with Crippen molar-refractivity contribution < 1.29 is 8.42 Å². The van der Waals surface area contributed by atoms with Gasteiger partial charge < -0.3 is 0 Å². The molecule has 0 fully saturated rings. The third kappa shape index (κ3) is 2.96. The predicted octanol–water partition coefficient (Wildman–Crippen LogP) is 4.67. The van der Waals surface area contributed by atoms with Crippen LogP contribution in [-0.2, 0) is 23.1 Å². The Balaban J connectivity index is 1.69. The summed E-state index contributed by atoms with van der Waals surface area (Å²) in [5.74, 6) is 0. The first-order valence-corrected chi connectivity index (χ1v) is 10.1. The number of hydrogen-bond donors (Lipinski definition) is 0. The summed E-state index contributed by atoms with van der Waals surface area (Å²) < 4.78 is 27.6. The molecule has 0 amide bonds. The molecule has 1 aliphatic heterocycles. The molecule has 1 heterocycles. The lowest BCUT2D eigenvalue weighted by atomic mass is 9.97. The van der Waals surface area contributed by atoms with Crippen molar-refractivity contribution in [3.8, 4) is 11.1 Å². The number of fused-ring (bicyclic) bond motifs is 1. The largest absolute Gasteiger partial charge is 0.243 e. The molecule has 0 saturated heterocycles. The maximum atomic E-state index is 13.0. The van der Waals surface area contributed by atoms with E-state index in [0.717, 1.165) is 33.4 Å². The molecule has 0 unspecified atom stereocenters. The lowest BCUT2D eigenvalue weighted by molar-refractivity contribution is 0.431. The highest BCUT2D eigenvalue weighted by Gasteiger charge is 2.31. The molecule has 4 heteroatoms. The minimum atomic E-state index is -3.48. The molecule has 26 heavy (non-hydrogen) atoms. The maximum absolute atomic E-state index is 13.0.